The first-order valence-electron chi connectivity index (χ1n) is 3.33. The first kappa shape index (κ1) is 7.71. The van der Waals surface area contributed by atoms with E-state index >= 15 is 0 Å². The SMILES string of the molecule is CCn1c([N+](=O)[O-])cnc1C. The maximum absolute atomic E-state index is 10.3. The number of nitrogens with zero attached hydrogens (tertiary/aromatic N) is 3. The fourth-order valence-electron chi connectivity index (χ4n) is 0.993. The van der Waals surface area contributed by atoms with Crippen molar-refractivity contribution in [1.29, 1.82) is 0 Å². The Labute approximate surface area is 63.8 Å². The molecule has 0 aliphatic heterocycles. The summed E-state index contributed by atoms with van der Waals surface area (Å²) in [6.07, 6.45) is 1.28. The van der Waals surface area contributed by atoms with E-state index in [0.29, 0.717) is 12.4 Å². The third-order valence-electron chi connectivity index (χ3n) is 1.54. The number of nitro groups is 1. The van der Waals surface area contributed by atoms with E-state index in [4.69, 9.17) is 0 Å². The Kier molecular flexibility index (Phi) is 1.89. The lowest BCUT2D eigenvalue weighted by Gasteiger charge is -1.96. The van der Waals surface area contributed by atoms with E-state index in [-0.39, 0.29) is 5.82 Å². The molecule has 5 heteroatoms. The van der Waals surface area contributed by atoms with E-state index < -0.39 is 4.92 Å². The van der Waals surface area contributed by atoms with Crippen molar-refractivity contribution >= 4 is 5.82 Å². The third-order valence-corrected chi connectivity index (χ3v) is 1.54. The predicted molar refractivity (Wildman–Crippen MR) is 39.3 cm³/mol. The Morgan fingerprint density at radius 2 is 2.45 bits per heavy atom. The Balaban J connectivity index is 3.15. The van der Waals surface area contributed by atoms with Crippen molar-refractivity contribution in [2.24, 2.45) is 0 Å². The summed E-state index contributed by atoms with van der Waals surface area (Å²) in [6.45, 7) is 4.18. The fraction of sp³-hybridized carbons (Fsp3) is 0.500. The minimum Gasteiger partial charge on any atom is -0.358 e. The van der Waals surface area contributed by atoms with Crippen LogP contribution >= 0.6 is 0 Å². The van der Waals surface area contributed by atoms with Crippen LogP contribution < -0.4 is 0 Å². The van der Waals surface area contributed by atoms with Gasteiger partial charge in [-0.05, 0) is 11.8 Å². The van der Waals surface area contributed by atoms with Gasteiger partial charge >= 0.3 is 5.82 Å². The van der Waals surface area contributed by atoms with Crippen LogP contribution in [0, 0.1) is 17.0 Å². The zero-order valence-electron chi connectivity index (χ0n) is 6.44. The summed E-state index contributed by atoms with van der Waals surface area (Å²) >= 11 is 0. The number of aromatic nitrogens is 2. The van der Waals surface area contributed by atoms with Crippen LogP contribution in [0.1, 0.15) is 12.7 Å². The first-order valence-corrected chi connectivity index (χ1v) is 3.33. The number of hydrogen-bond acceptors (Lipinski definition) is 3. The van der Waals surface area contributed by atoms with Crippen LogP contribution in [0.4, 0.5) is 5.82 Å². The van der Waals surface area contributed by atoms with Gasteiger partial charge in [-0.15, -0.1) is 0 Å². The molecule has 0 saturated heterocycles. The maximum Gasteiger partial charge on any atom is 0.342 e. The molecule has 0 aromatic carbocycles. The van der Waals surface area contributed by atoms with Gasteiger partial charge in [-0.3, -0.25) is 0 Å². The molecule has 0 saturated carbocycles. The summed E-state index contributed by atoms with van der Waals surface area (Å²) in [5.41, 5.74) is 0. The summed E-state index contributed by atoms with van der Waals surface area (Å²) < 4.78 is 1.56. The Morgan fingerprint density at radius 1 is 1.82 bits per heavy atom. The molecule has 0 aliphatic rings. The van der Waals surface area contributed by atoms with E-state index in [1.807, 2.05) is 6.92 Å². The highest BCUT2D eigenvalue weighted by atomic mass is 16.6. The van der Waals surface area contributed by atoms with Gasteiger partial charge in [0.05, 0.1) is 6.54 Å². The van der Waals surface area contributed by atoms with E-state index in [2.05, 4.69) is 4.98 Å². The van der Waals surface area contributed by atoms with E-state index in [1.54, 1.807) is 11.5 Å². The number of imidazole rings is 1. The van der Waals surface area contributed by atoms with Gasteiger partial charge in [-0.2, -0.15) is 0 Å². The van der Waals surface area contributed by atoms with Gasteiger partial charge in [0, 0.05) is 6.92 Å². The van der Waals surface area contributed by atoms with Crippen LogP contribution in [0.2, 0.25) is 0 Å². The predicted octanol–water partition coefficient (Wildman–Crippen LogP) is 1.12. The van der Waals surface area contributed by atoms with Crippen LogP contribution in [-0.2, 0) is 6.54 Å². The fourth-order valence-corrected chi connectivity index (χ4v) is 0.993. The molecule has 0 bridgehead atoms. The van der Waals surface area contributed by atoms with Crippen molar-refractivity contribution < 1.29 is 4.92 Å². The van der Waals surface area contributed by atoms with Crippen molar-refractivity contribution in [2.75, 3.05) is 0 Å². The molecule has 0 aliphatic carbocycles. The molecule has 1 rings (SSSR count). The van der Waals surface area contributed by atoms with Crippen LogP contribution in [-0.4, -0.2) is 14.5 Å². The monoisotopic (exact) mass is 155 g/mol. The lowest BCUT2D eigenvalue weighted by Crippen LogP contribution is -2.02. The van der Waals surface area contributed by atoms with Gasteiger partial charge in [0.25, 0.3) is 0 Å². The number of aryl methyl sites for hydroxylation is 1. The average Bonchev–Trinajstić information content (AvgIpc) is 2.30. The Morgan fingerprint density at radius 3 is 2.82 bits per heavy atom. The van der Waals surface area contributed by atoms with Crippen molar-refractivity contribution in [3.05, 3.63) is 22.1 Å². The zero-order chi connectivity index (χ0) is 8.43. The van der Waals surface area contributed by atoms with Gasteiger partial charge in [-0.25, -0.2) is 9.55 Å². The Hall–Kier alpha value is -1.39. The lowest BCUT2D eigenvalue weighted by molar-refractivity contribution is -0.392. The molecule has 1 aromatic rings. The molecule has 11 heavy (non-hydrogen) atoms. The summed E-state index contributed by atoms with van der Waals surface area (Å²) in [6, 6.07) is 0. The molecule has 0 fully saturated rings. The van der Waals surface area contributed by atoms with Crippen molar-refractivity contribution in [2.45, 2.75) is 20.4 Å². The van der Waals surface area contributed by atoms with E-state index in [0.717, 1.165) is 0 Å². The molecule has 0 unspecified atom stereocenters. The molecule has 5 nitrogen and oxygen atoms in total. The van der Waals surface area contributed by atoms with Crippen LogP contribution in [0.3, 0.4) is 0 Å². The molecule has 1 heterocycles. The van der Waals surface area contributed by atoms with Gasteiger partial charge in [0.1, 0.15) is 6.20 Å². The summed E-state index contributed by atoms with van der Waals surface area (Å²) in [7, 11) is 0. The molecular formula is C6H9N3O2. The highest BCUT2D eigenvalue weighted by molar-refractivity contribution is 5.18. The topological polar surface area (TPSA) is 61.0 Å². The first-order chi connectivity index (χ1) is 5.16. The molecule has 0 spiro atoms. The molecule has 1 aromatic heterocycles. The standard InChI is InChI=1S/C6H9N3O2/c1-3-8-5(2)7-4-6(8)9(10)11/h4H,3H2,1-2H3. The molecule has 0 amide bonds. The Bertz CT molecular complexity index is 279. The largest absolute Gasteiger partial charge is 0.358 e. The van der Waals surface area contributed by atoms with Gasteiger partial charge in [0.15, 0.2) is 5.82 Å². The summed E-state index contributed by atoms with van der Waals surface area (Å²) in [5.74, 6) is 0.740. The van der Waals surface area contributed by atoms with Crippen LogP contribution in [0.25, 0.3) is 0 Å². The third kappa shape index (κ3) is 1.21. The number of rotatable bonds is 2. The molecule has 60 valence electrons. The quantitative estimate of drug-likeness (QED) is 0.475. The molecule has 0 atom stereocenters. The van der Waals surface area contributed by atoms with Crippen LogP contribution in [0.5, 0.6) is 0 Å². The zero-order valence-corrected chi connectivity index (χ0v) is 6.44. The normalized spacial score (nSPS) is 10.0. The van der Waals surface area contributed by atoms with Gasteiger partial charge < -0.3 is 10.1 Å². The molecule has 0 N–H and O–H groups in total. The second-order valence-electron chi connectivity index (χ2n) is 2.16. The van der Waals surface area contributed by atoms with E-state index in [9.17, 15) is 10.1 Å². The second-order valence-corrected chi connectivity index (χ2v) is 2.16. The highest BCUT2D eigenvalue weighted by Crippen LogP contribution is 2.12. The van der Waals surface area contributed by atoms with Gasteiger partial charge in [-0.1, -0.05) is 0 Å². The van der Waals surface area contributed by atoms with Crippen molar-refractivity contribution in [3.63, 3.8) is 0 Å². The summed E-state index contributed by atoms with van der Waals surface area (Å²) in [5, 5.41) is 10.3. The minimum absolute atomic E-state index is 0.0602. The van der Waals surface area contributed by atoms with E-state index in [1.165, 1.54) is 6.20 Å². The molecule has 0 radical (unpaired) electrons. The minimum atomic E-state index is -0.427. The van der Waals surface area contributed by atoms with Crippen molar-refractivity contribution in [1.82, 2.24) is 9.55 Å². The average molecular weight is 155 g/mol. The van der Waals surface area contributed by atoms with Gasteiger partial charge in [0.2, 0.25) is 0 Å². The highest BCUT2D eigenvalue weighted by Gasteiger charge is 2.14. The smallest absolute Gasteiger partial charge is 0.342 e. The number of hydrogen-bond donors (Lipinski definition) is 0. The maximum atomic E-state index is 10.3. The van der Waals surface area contributed by atoms with Crippen LogP contribution in [0.15, 0.2) is 6.20 Å². The lowest BCUT2D eigenvalue weighted by atomic mass is 10.6. The molecular weight excluding hydrogens is 146 g/mol. The summed E-state index contributed by atoms with van der Waals surface area (Å²) in [4.78, 5) is 13.7. The second kappa shape index (κ2) is 2.69. The van der Waals surface area contributed by atoms with Crippen molar-refractivity contribution in [3.8, 4) is 0 Å².